The smallest absolute Gasteiger partial charge is 0.0244 e. The molecule has 1 aliphatic carbocycles. The lowest BCUT2D eigenvalue weighted by Gasteiger charge is -2.24. The van der Waals surface area contributed by atoms with Crippen molar-refractivity contribution in [2.75, 3.05) is 13.1 Å². The molecule has 1 aromatic rings. The Morgan fingerprint density at radius 1 is 1.39 bits per heavy atom. The van der Waals surface area contributed by atoms with Crippen molar-refractivity contribution in [3.8, 4) is 0 Å². The van der Waals surface area contributed by atoms with Crippen molar-refractivity contribution in [2.24, 2.45) is 0 Å². The summed E-state index contributed by atoms with van der Waals surface area (Å²) in [5.74, 6) is 0. The molecule has 18 heavy (non-hydrogen) atoms. The van der Waals surface area contributed by atoms with E-state index in [1.54, 1.807) is 11.3 Å². The molecule has 1 saturated carbocycles. The molecule has 1 N–H and O–H groups in total. The average Bonchev–Trinajstić information content (AvgIpc) is 3.00. The Kier molecular flexibility index (Phi) is 4.82. The van der Waals surface area contributed by atoms with Gasteiger partial charge in [-0.3, -0.25) is 4.90 Å². The van der Waals surface area contributed by atoms with E-state index in [-0.39, 0.29) is 5.54 Å². The SMILES string of the molecule is CC(C)(C)NCCCN(Cc1ccsc1)C1CC1. The van der Waals surface area contributed by atoms with Gasteiger partial charge in [0.1, 0.15) is 0 Å². The minimum absolute atomic E-state index is 0.248. The van der Waals surface area contributed by atoms with Crippen LogP contribution < -0.4 is 5.32 Å². The van der Waals surface area contributed by atoms with Crippen LogP contribution in [0.1, 0.15) is 45.6 Å². The van der Waals surface area contributed by atoms with Crippen LogP contribution in [-0.4, -0.2) is 29.6 Å². The van der Waals surface area contributed by atoms with Crippen LogP contribution in [0.15, 0.2) is 16.8 Å². The summed E-state index contributed by atoms with van der Waals surface area (Å²) in [5, 5.41) is 8.03. The maximum Gasteiger partial charge on any atom is 0.0244 e. The molecule has 0 unspecified atom stereocenters. The van der Waals surface area contributed by atoms with Crippen LogP contribution in [0.25, 0.3) is 0 Å². The zero-order valence-electron chi connectivity index (χ0n) is 11.9. The molecule has 3 heteroatoms. The molecule has 102 valence electrons. The van der Waals surface area contributed by atoms with E-state index < -0.39 is 0 Å². The lowest BCUT2D eigenvalue weighted by atomic mass is 10.1. The number of nitrogens with one attached hydrogen (secondary N) is 1. The van der Waals surface area contributed by atoms with Gasteiger partial charge < -0.3 is 5.32 Å². The van der Waals surface area contributed by atoms with Gasteiger partial charge in [0.2, 0.25) is 0 Å². The fourth-order valence-electron chi connectivity index (χ4n) is 2.19. The van der Waals surface area contributed by atoms with E-state index in [9.17, 15) is 0 Å². The highest BCUT2D eigenvalue weighted by atomic mass is 32.1. The normalized spacial score (nSPS) is 16.4. The van der Waals surface area contributed by atoms with Crippen molar-refractivity contribution in [3.63, 3.8) is 0 Å². The second-order valence-electron chi connectivity index (χ2n) is 6.36. The topological polar surface area (TPSA) is 15.3 Å². The molecule has 0 bridgehead atoms. The quantitative estimate of drug-likeness (QED) is 0.760. The number of hydrogen-bond acceptors (Lipinski definition) is 3. The summed E-state index contributed by atoms with van der Waals surface area (Å²) in [4.78, 5) is 2.66. The Labute approximate surface area is 115 Å². The van der Waals surface area contributed by atoms with Gasteiger partial charge in [-0.05, 0) is 75.5 Å². The predicted octanol–water partition coefficient (Wildman–Crippen LogP) is 3.49. The van der Waals surface area contributed by atoms with Crippen molar-refractivity contribution in [3.05, 3.63) is 22.4 Å². The van der Waals surface area contributed by atoms with Crippen molar-refractivity contribution in [1.82, 2.24) is 10.2 Å². The molecule has 1 aromatic heterocycles. The highest BCUT2D eigenvalue weighted by molar-refractivity contribution is 7.07. The Hall–Kier alpha value is -0.380. The van der Waals surface area contributed by atoms with E-state index in [0.717, 1.165) is 19.1 Å². The van der Waals surface area contributed by atoms with Crippen LogP contribution in [0, 0.1) is 0 Å². The maximum atomic E-state index is 3.57. The summed E-state index contributed by atoms with van der Waals surface area (Å²) in [7, 11) is 0. The van der Waals surface area contributed by atoms with E-state index in [1.165, 1.54) is 31.4 Å². The Morgan fingerprint density at radius 2 is 2.17 bits per heavy atom. The molecule has 0 atom stereocenters. The number of nitrogens with zero attached hydrogens (tertiary/aromatic N) is 1. The zero-order valence-corrected chi connectivity index (χ0v) is 12.7. The molecule has 2 nitrogen and oxygen atoms in total. The standard InChI is InChI=1S/C15H26N2S/c1-15(2,3)16-8-4-9-17(14-5-6-14)11-13-7-10-18-12-13/h7,10,12,14,16H,4-6,8-9,11H2,1-3H3. The highest BCUT2D eigenvalue weighted by Gasteiger charge is 2.28. The van der Waals surface area contributed by atoms with Gasteiger partial charge in [0, 0.05) is 18.1 Å². The molecule has 1 aliphatic rings. The molecule has 1 fully saturated rings. The largest absolute Gasteiger partial charge is 0.312 e. The summed E-state index contributed by atoms with van der Waals surface area (Å²) in [6, 6.07) is 3.12. The third-order valence-electron chi connectivity index (χ3n) is 3.31. The molecule has 2 rings (SSSR count). The maximum absolute atomic E-state index is 3.57. The van der Waals surface area contributed by atoms with E-state index >= 15 is 0 Å². The third kappa shape index (κ3) is 5.09. The van der Waals surface area contributed by atoms with Crippen LogP contribution in [0.4, 0.5) is 0 Å². The number of rotatable bonds is 7. The van der Waals surface area contributed by atoms with E-state index in [1.807, 2.05) is 0 Å². The molecule has 0 saturated heterocycles. The van der Waals surface area contributed by atoms with E-state index in [4.69, 9.17) is 0 Å². The highest BCUT2D eigenvalue weighted by Crippen LogP contribution is 2.28. The van der Waals surface area contributed by atoms with Gasteiger partial charge in [-0.1, -0.05) is 0 Å². The first-order chi connectivity index (χ1) is 8.54. The fraction of sp³-hybridized carbons (Fsp3) is 0.733. The molecule has 1 heterocycles. The van der Waals surface area contributed by atoms with E-state index in [0.29, 0.717) is 0 Å². The molecular weight excluding hydrogens is 240 g/mol. The second kappa shape index (κ2) is 6.18. The van der Waals surface area contributed by atoms with Gasteiger partial charge in [0.15, 0.2) is 0 Å². The predicted molar refractivity (Wildman–Crippen MR) is 80.1 cm³/mol. The first-order valence-electron chi connectivity index (χ1n) is 7.05. The minimum Gasteiger partial charge on any atom is -0.312 e. The third-order valence-corrected chi connectivity index (χ3v) is 4.04. The summed E-state index contributed by atoms with van der Waals surface area (Å²) in [6.45, 7) is 10.2. The molecule has 0 radical (unpaired) electrons. The van der Waals surface area contributed by atoms with Crippen LogP contribution in [0.2, 0.25) is 0 Å². The van der Waals surface area contributed by atoms with Crippen molar-refractivity contribution in [1.29, 1.82) is 0 Å². The van der Waals surface area contributed by atoms with Crippen LogP contribution >= 0.6 is 11.3 Å². The van der Waals surface area contributed by atoms with Gasteiger partial charge in [-0.2, -0.15) is 11.3 Å². The van der Waals surface area contributed by atoms with Crippen LogP contribution in [0.3, 0.4) is 0 Å². The minimum atomic E-state index is 0.248. The Morgan fingerprint density at radius 3 is 2.72 bits per heavy atom. The van der Waals surface area contributed by atoms with Gasteiger partial charge >= 0.3 is 0 Å². The monoisotopic (exact) mass is 266 g/mol. The fourth-order valence-corrected chi connectivity index (χ4v) is 2.85. The molecule has 0 aliphatic heterocycles. The first kappa shape index (κ1) is 14.0. The zero-order chi connectivity index (χ0) is 13.0. The van der Waals surface area contributed by atoms with E-state index in [2.05, 4.69) is 47.8 Å². The lowest BCUT2D eigenvalue weighted by Crippen LogP contribution is -2.38. The Bertz CT molecular complexity index is 336. The van der Waals surface area contributed by atoms with Gasteiger partial charge in [-0.15, -0.1) is 0 Å². The second-order valence-corrected chi connectivity index (χ2v) is 7.14. The molecule has 0 spiro atoms. The lowest BCUT2D eigenvalue weighted by molar-refractivity contribution is 0.247. The Balaban J connectivity index is 1.70. The van der Waals surface area contributed by atoms with Gasteiger partial charge in [-0.25, -0.2) is 0 Å². The summed E-state index contributed by atoms with van der Waals surface area (Å²) >= 11 is 1.81. The molecular formula is C15H26N2S. The summed E-state index contributed by atoms with van der Waals surface area (Å²) in [6.07, 6.45) is 4.05. The molecule has 0 amide bonds. The van der Waals surface area contributed by atoms with Crippen LogP contribution in [0.5, 0.6) is 0 Å². The molecule has 0 aromatic carbocycles. The van der Waals surface area contributed by atoms with Gasteiger partial charge in [0.05, 0.1) is 0 Å². The summed E-state index contributed by atoms with van der Waals surface area (Å²) < 4.78 is 0. The average molecular weight is 266 g/mol. The van der Waals surface area contributed by atoms with Crippen molar-refractivity contribution < 1.29 is 0 Å². The summed E-state index contributed by atoms with van der Waals surface area (Å²) in [5.41, 5.74) is 1.73. The van der Waals surface area contributed by atoms with Gasteiger partial charge in [0.25, 0.3) is 0 Å². The first-order valence-corrected chi connectivity index (χ1v) is 7.99. The number of thiophene rings is 1. The van der Waals surface area contributed by atoms with Crippen molar-refractivity contribution in [2.45, 2.75) is 58.2 Å². The van der Waals surface area contributed by atoms with Crippen molar-refractivity contribution >= 4 is 11.3 Å². The van der Waals surface area contributed by atoms with Crippen LogP contribution in [-0.2, 0) is 6.54 Å². The number of hydrogen-bond donors (Lipinski definition) is 1.